The van der Waals surface area contributed by atoms with Gasteiger partial charge in [0.15, 0.2) is 9.84 Å². The van der Waals surface area contributed by atoms with Gasteiger partial charge in [0.05, 0.1) is 5.02 Å². The zero-order valence-electron chi connectivity index (χ0n) is 9.20. The molecule has 1 atom stereocenters. The third kappa shape index (κ3) is 3.67. The predicted octanol–water partition coefficient (Wildman–Crippen LogP) is 1.85. The molecule has 0 unspecified atom stereocenters. The first-order valence-electron chi connectivity index (χ1n) is 4.66. The molecule has 0 heterocycles. The quantitative estimate of drug-likeness (QED) is 0.918. The maximum atomic E-state index is 12.8. The van der Waals surface area contributed by atoms with Gasteiger partial charge in [0.1, 0.15) is 11.1 Å². The summed E-state index contributed by atoms with van der Waals surface area (Å²) in [5.74, 6) is -1.30. The lowest BCUT2D eigenvalue weighted by Gasteiger charge is -2.10. The summed E-state index contributed by atoms with van der Waals surface area (Å²) in [7, 11) is -3.46. The monoisotopic (exact) mass is 279 g/mol. The third-order valence-corrected chi connectivity index (χ3v) is 3.99. The van der Waals surface area contributed by atoms with E-state index in [0.717, 1.165) is 12.3 Å². The van der Waals surface area contributed by atoms with Crippen LogP contribution >= 0.6 is 11.6 Å². The number of halogens is 2. The first-order valence-corrected chi connectivity index (χ1v) is 7.00. The van der Waals surface area contributed by atoms with Crippen molar-refractivity contribution < 1.29 is 17.6 Å². The first-order chi connectivity index (χ1) is 7.71. The fourth-order valence-corrected chi connectivity index (χ4v) is 1.64. The molecular weight excluding hydrogens is 269 g/mol. The van der Waals surface area contributed by atoms with Gasteiger partial charge in [-0.3, -0.25) is 4.79 Å². The van der Waals surface area contributed by atoms with Gasteiger partial charge >= 0.3 is 0 Å². The SMILES string of the molecule is C[C@H](C(=O)Nc1ccc(F)c(Cl)c1)S(C)(=O)=O. The highest BCUT2D eigenvalue weighted by molar-refractivity contribution is 7.92. The van der Waals surface area contributed by atoms with Gasteiger partial charge < -0.3 is 5.32 Å². The molecule has 1 aromatic rings. The van der Waals surface area contributed by atoms with Gasteiger partial charge in [0, 0.05) is 11.9 Å². The molecule has 0 aromatic heterocycles. The molecule has 94 valence electrons. The maximum Gasteiger partial charge on any atom is 0.242 e. The molecule has 0 aliphatic rings. The highest BCUT2D eigenvalue weighted by Gasteiger charge is 2.23. The smallest absolute Gasteiger partial charge is 0.242 e. The number of carbonyl (C=O) groups excluding carboxylic acids is 1. The Hall–Kier alpha value is -1.14. The first kappa shape index (κ1) is 13.9. The van der Waals surface area contributed by atoms with E-state index in [1.165, 1.54) is 19.1 Å². The summed E-state index contributed by atoms with van der Waals surface area (Å²) in [6.45, 7) is 1.27. The van der Waals surface area contributed by atoms with Crippen molar-refractivity contribution in [1.82, 2.24) is 0 Å². The van der Waals surface area contributed by atoms with Gasteiger partial charge in [-0.05, 0) is 25.1 Å². The minimum absolute atomic E-state index is 0.144. The van der Waals surface area contributed by atoms with E-state index in [2.05, 4.69) is 5.32 Å². The van der Waals surface area contributed by atoms with Crippen molar-refractivity contribution in [3.63, 3.8) is 0 Å². The van der Waals surface area contributed by atoms with Crippen molar-refractivity contribution in [3.05, 3.63) is 29.0 Å². The minimum Gasteiger partial charge on any atom is -0.325 e. The van der Waals surface area contributed by atoms with Crippen LogP contribution in [0.5, 0.6) is 0 Å². The van der Waals surface area contributed by atoms with Gasteiger partial charge in [-0.1, -0.05) is 11.6 Å². The summed E-state index contributed by atoms with van der Waals surface area (Å²) >= 11 is 5.52. The average Bonchev–Trinajstić information content (AvgIpc) is 2.21. The van der Waals surface area contributed by atoms with Crippen LogP contribution in [0.1, 0.15) is 6.92 Å². The molecule has 0 saturated carbocycles. The van der Waals surface area contributed by atoms with Crippen LogP contribution in [0.4, 0.5) is 10.1 Å². The summed E-state index contributed by atoms with van der Waals surface area (Å²) in [6, 6.07) is 3.60. The summed E-state index contributed by atoms with van der Waals surface area (Å²) in [4.78, 5) is 11.5. The van der Waals surface area contributed by atoms with Crippen molar-refractivity contribution in [2.75, 3.05) is 11.6 Å². The van der Waals surface area contributed by atoms with Crippen LogP contribution in [0.3, 0.4) is 0 Å². The molecule has 1 amide bonds. The molecule has 1 N–H and O–H groups in total. The lowest BCUT2D eigenvalue weighted by atomic mass is 10.3. The zero-order valence-corrected chi connectivity index (χ0v) is 10.8. The van der Waals surface area contributed by atoms with E-state index in [1.807, 2.05) is 0 Å². The van der Waals surface area contributed by atoms with Crippen LogP contribution < -0.4 is 5.32 Å². The van der Waals surface area contributed by atoms with E-state index in [1.54, 1.807) is 0 Å². The number of anilines is 1. The number of rotatable bonds is 3. The summed E-state index contributed by atoms with van der Waals surface area (Å²) in [6.07, 6.45) is 0.967. The Balaban J connectivity index is 2.85. The van der Waals surface area contributed by atoms with E-state index >= 15 is 0 Å². The molecule has 4 nitrogen and oxygen atoms in total. The van der Waals surface area contributed by atoms with Crippen LogP contribution in [-0.4, -0.2) is 25.8 Å². The third-order valence-electron chi connectivity index (χ3n) is 2.20. The van der Waals surface area contributed by atoms with Crippen molar-refractivity contribution in [3.8, 4) is 0 Å². The van der Waals surface area contributed by atoms with E-state index in [0.29, 0.717) is 0 Å². The van der Waals surface area contributed by atoms with Crippen LogP contribution in [0.25, 0.3) is 0 Å². The van der Waals surface area contributed by atoms with Crippen molar-refractivity contribution in [1.29, 1.82) is 0 Å². The fourth-order valence-electron chi connectivity index (χ4n) is 1.01. The molecule has 0 bridgehead atoms. The van der Waals surface area contributed by atoms with Gasteiger partial charge in [-0.15, -0.1) is 0 Å². The van der Waals surface area contributed by atoms with E-state index in [-0.39, 0.29) is 10.7 Å². The molecule has 1 aromatic carbocycles. The Labute approximate surface area is 104 Å². The molecule has 17 heavy (non-hydrogen) atoms. The Kier molecular flexibility index (Phi) is 4.11. The van der Waals surface area contributed by atoms with Gasteiger partial charge in [0.25, 0.3) is 0 Å². The predicted molar refractivity (Wildman–Crippen MR) is 64.3 cm³/mol. The topological polar surface area (TPSA) is 63.2 Å². The Bertz CT molecular complexity index is 544. The van der Waals surface area contributed by atoms with Gasteiger partial charge in [0.2, 0.25) is 5.91 Å². The van der Waals surface area contributed by atoms with E-state index < -0.39 is 26.8 Å². The van der Waals surface area contributed by atoms with Gasteiger partial charge in [-0.25, -0.2) is 12.8 Å². The second kappa shape index (κ2) is 5.01. The largest absolute Gasteiger partial charge is 0.325 e. The number of benzene rings is 1. The maximum absolute atomic E-state index is 12.8. The lowest BCUT2D eigenvalue weighted by Crippen LogP contribution is -2.31. The molecule has 0 spiro atoms. The Morgan fingerprint density at radius 1 is 1.47 bits per heavy atom. The van der Waals surface area contributed by atoms with E-state index in [4.69, 9.17) is 11.6 Å². The summed E-state index contributed by atoms with van der Waals surface area (Å²) < 4.78 is 35.1. The normalized spacial score (nSPS) is 13.2. The number of sulfone groups is 1. The zero-order chi connectivity index (χ0) is 13.2. The molecular formula is C10H11ClFNO3S. The number of nitrogens with one attached hydrogen (secondary N) is 1. The highest BCUT2D eigenvalue weighted by Crippen LogP contribution is 2.19. The molecule has 0 fully saturated rings. The second-order valence-corrected chi connectivity index (χ2v) is 6.36. The number of amides is 1. The standard InChI is InChI=1S/C10H11ClFNO3S/c1-6(17(2,15)16)10(14)13-7-3-4-9(12)8(11)5-7/h3-6H,1-2H3,(H,13,14)/t6-/m1/s1. The number of hydrogen-bond donors (Lipinski definition) is 1. The van der Waals surface area contributed by atoms with Gasteiger partial charge in [-0.2, -0.15) is 0 Å². The fraction of sp³-hybridized carbons (Fsp3) is 0.300. The van der Waals surface area contributed by atoms with Crippen molar-refractivity contribution in [2.24, 2.45) is 0 Å². The second-order valence-electron chi connectivity index (χ2n) is 3.59. The average molecular weight is 280 g/mol. The van der Waals surface area contributed by atoms with Crippen LogP contribution in [0, 0.1) is 5.82 Å². The van der Waals surface area contributed by atoms with Crippen LogP contribution in [0.15, 0.2) is 18.2 Å². The van der Waals surface area contributed by atoms with Crippen LogP contribution in [0.2, 0.25) is 5.02 Å². The van der Waals surface area contributed by atoms with Crippen molar-refractivity contribution >= 4 is 33.0 Å². The lowest BCUT2D eigenvalue weighted by molar-refractivity contribution is -0.115. The van der Waals surface area contributed by atoms with Crippen molar-refractivity contribution in [2.45, 2.75) is 12.2 Å². The van der Waals surface area contributed by atoms with Crippen LogP contribution in [-0.2, 0) is 14.6 Å². The molecule has 0 saturated heterocycles. The molecule has 0 aliphatic carbocycles. The minimum atomic E-state index is -3.46. The molecule has 1 rings (SSSR count). The Morgan fingerprint density at radius 3 is 2.53 bits per heavy atom. The molecule has 7 heteroatoms. The van der Waals surface area contributed by atoms with E-state index in [9.17, 15) is 17.6 Å². The molecule has 0 aliphatic heterocycles. The highest BCUT2D eigenvalue weighted by atomic mass is 35.5. The molecule has 0 radical (unpaired) electrons. The Morgan fingerprint density at radius 2 is 2.06 bits per heavy atom. The summed E-state index contributed by atoms with van der Waals surface area (Å²) in [5, 5.41) is 1.03. The number of hydrogen-bond acceptors (Lipinski definition) is 3. The number of carbonyl (C=O) groups is 1. The summed E-state index contributed by atoms with van der Waals surface area (Å²) in [5.41, 5.74) is 0.247.